The Morgan fingerprint density at radius 2 is 2.05 bits per heavy atom. The van der Waals surface area contributed by atoms with Crippen molar-refractivity contribution in [3.8, 4) is 0 Å². The van der Waals surface area contributed by atoms with Gasteiger partial charge in [-0.2, -0.15) is 0 Å². The predicted octanol–water partition coefficient (Wildman–Crippen LogP) is 1.97. The van der Waals surface area contributed by atoms with Crippen LogP contribution in [0.4, 0.5) is 10.1 Å². The number of nitrogen functional groups attached to an aromatic ring is 1. The highest BCUT2D eigenvalue weighted by atomic mass is 19.1. The third-order valence-electron chi connectivity index (χ3n) is 2.97. The largest absolute Gasteiger partial charge is 0.454 e. The van der Waals surface area contributed by atoms with Crippen LogP contribution in [-0.2, 0) is 6.54 Å². The molecule has 20 heavy (non-hydrogen) atoms. The number of anilines is 1. The van der Waals surface area contributed by atoms with Crippen LogP contribution in [0, 0.1) is 12.7 Å². The number of benzene rings is 1. The van der Waals surface area contributed by atoms with E-state index >= 15 is 0 Å². The molecule has 0 unspecified atom stereocenters. The van der Waals surface area contributed by atoms with Crippen LogP contribution in [0.2, 0.25) is 0 Å². The Labute approximate surface area is 116 Å². The van der Waals surface area contributed by atoms with E-state index in [2.05, 4.69) is 0 Å². The van der Waals surface area contributed by atoms with Crippen LogP contribution < -0.4 is 16.2 Å². The third-order valence-corrected chi connectivity index (χ3v) is 2.97. The average molecular weight is 277 g/mol. The van der Waals surface area contributed by atoms with Crippen LogP contribution >= 0.6 is 0 Å². The number of carbonyl (C=O) groups is 1. The lowest BCUT2D eigenvalue weighted by atomic mass is 10.2. The van der Waals surface area contributed by atoms with Crippen LogP contribution in [0.1, 0.15) is 21.9 Å². The normalized spacial score (nSPS) is 10.4. The van der Waals surface area contributed by atoms with Crippen molar-refractivity contribution in [1.82, 2.24) is 5.43 Å². The van der Waals surface area contributed by atoms with Crippen molar-refractivity contribution >= 4 is 11.6 Å². The Kier molecular flexibility index (Phi) is 4.05. The van der Waals surface area contributed by atoms with Crippen LogP contribution in [0.25, 0.3) is 0 Å². The fourth-order valence-corrected chi connectivity index (χ4v) is 1.94. The number of carbonyl (C=O) groups excluding carboxylic acids is 1. The molecular formula is C14H16FN3O2. The molecule has 0 bridgehead atoms. The molecule has 2 rings (SSSR count). The summed E-state index contributed by atoms with van der Waals surface area (Å²) in [5, 5.41) is 0. The molecule has 0 fully saturated rings. The van der Waals surface area contributed by atoms with Crippen LogP contribution in [0.15, 0.2) is 34.7 Å². The van der Waals surface area contributed by atoms with Gasteiger partial charge in [0.25, 0.3) is 0 Å². The van der Waals surface area contributed by atoms with Gasteiger partial charge in [-0.05, 0) is 37.3 Å². The summed E-state index contributed by atoms with van der Waals surface area (Å²) < 4.78 is 18.3. The number of rotatable bonds is 4. The number of hydrogen-bond donors (Lipinski definition) is 2. The molecule has 0 spiro atoms. The minimum absolute atomic E-state index is 0.204. The first-order chi connectivity index (χ1) is 9.51. The summed E-state index contributed by atoms with van der Waals surface area (Å²) >= 11 is 0. The Morgan fingerprint density at radius 3 is 2.65 bits per heavy atom. The fraction of sp³-hybridized carbons (Fsp3) is 0.214. The van der Waals surface area contributed by atoms with E-state index in [0.717, 1.165) is 11.3 Å². The van der Waals surface area contributed by atoms with Gasteiger partial charge in [-0.3, -0.25) is 10.2 Å². The summed E-state index contributed by atoms with van der Waals surface area (Å²) in [5.41, 5.74) is 3.61. The molecule has 0 radical (unpaired) electrons. The number of nitrogens with one attached hydrogen (secondary N) is 1. The van der Waals surface area contributed by atoms with Crippen molar-refractivity contribution in [3.63, 3.8) is 0 Å². The van der Waals surface area contributed by atoms with Crippen LogP contribution in [-0.4, -0.2) is 13.0 Å². The fourth-order valence-electron chi connectivity index (χ4n) is 1.94. The van der Waals surface area contributed by atoms with Crippen molar-refractivity contribution in [2.24, 2.45) is 5.84 Å². The highest BCUT2D eigenvalue weighted by Gasteiger charge is 2.15. The van der Waals surface area contributed by atoms with Crippen LogP contribution in [0.3, 0.4) is 0 Å². The van der Waals surface area contributed by atoms with Crippen molar-refractivity contribution < 1.29 is 13.6 Å². The molecule has 0 saturated carbocycles. The highest BCUT2D eigenvalue weighted by molar-refractivity contribution is 5.92. The van der Waals surface area contributed by atoms with Gasteiger partial charge in [0, 0.05) is 18.3 Å². The number of amides is 1. The first-order valence-corrected chi connectivity index (χ1v) is 6.08. The van der Waals surface area contributed by atoms with Gasteiger partial charge >= 0.3 is 5.91 Å². The summed E-state index contributed by atoms with van der Waals surface area (Å²) in [6.07, 6.45) is 0. The second kappa shape index (κ2) is 5.75. The monoisotopic (exact) mass is 277 g/mol. The summed E-state index contributed by atoms with van der Waals surface area (Å²) in [5.74, 6) is 5.18. The Balaban J connectivity index is 2.13. The van der Waals surface area contributed by atoms with Gasteiger partial charge in [0.2, 0.25) is 0 Å². The van der Waals surface area contributed by atoms with Crippen molar-refractivity contribution in [2.75, 3.05) is 11.9 Å². The molecule has 5 nitrogen and oxygen atoms in total. The Hall–Kier alpha value is -2.34. The zero-order valence-electron chi connectivity index (χ0n) is 11.3. The average Bonchev–Trinajstić information content (AvgIpc) is 2.79. The lowest BCUT2D eigenvalue weighted by Crippen LogP contribution is -2.30. The van der Waals surface area contributed by atoms with E-state index in [4.69, 9.17) is 10.3 Å². The SMILES string of the molecule is Cc1cc(CN(C)c2ccc(F)cc2)oc1C(=O)NN. The van der Waals surface area contributed by atoms with E-state index in [1.54, 1.807) is 25.1 Å². The number of halogens is 1. The van der Waals surface area contributed by atoms with Crippen molar-refractivity contribution in [3.05, 3.63) is 53.2 Å². The molecule has 1 heterocycles. The van der Waals surface area contributed by atoms with Gasteiger partial charge in [-0.1, -0.05) is 0 Å². The summed E-state index contributed by atoms with van der Waals surface area (Å²) in [7, 11) is 1.85. The highest BCUT2D eigenvalue weighted by Crippen LogP contribution is 2.19. The number of furan rings is 1. The molecule has 1 aromatic heterocycles. The predicted molar refractivity (Wildman–Crippen MR) is 73.6 cm³/mol. The third kappa shape index (κ3) is 2.97. The van der Waals surface area contributed by atoms with E-state index < -0.39 is 5.91 Å². The van der Waals surface area contributed by atoms with Gasteiger partial charge in [0.05, 0.1) is 6.54 Å². The van der Waals surface area contributed by atoms with Gasteiger partial charge in [-0.15, -0.1) is 0 Å². The Bertz CT molecular complexity index is 607. The number of aryl methyl sites for hydroxylation is 1. The topological polar surface area (TPSA) is 71.5 Å². The van der Waals surface area contributed by atoms with Gasteiger partial charge < -0.3 is 9.32 Å². The first-order valence-electron chi connectivity index (χ1n) is 6.08. The van der Waals surface area contributed by atoms with Gasteiger partial charge in [-0.25, -0.2) is 10.2 Å². The molecular weight excluding hydrogens is 261 g/mol. The molecule has 2 aromatic rings. The lowest BCUT2D eigenvalue weighted by molar-refractivity contribution is 0.0923. The standard InChI is InChI=1S/C14H16FN3O2/c1-9-7-12(20-13(9)14(19)17-16)8-18(2)11-5-3-10(15)4-6-11/h3-7H,8,16H2,1-2H3,(H,17,19). The molecule has 1 aromatic carbocycles. The molecule has 0 aliphatic heterocycles. The van der Waals surface area contributed by atoms with E-state index in [1.807, 2.05) is 17.4 Å². The van der Waals surface area contributed by atoms with Crippen molar-refractivity contribution in [1.29, 1.82) is 0 Å². The summed E-state index contributed by atoms with van der Waals surface area (Å²) in [6.45, 7) is 2.24. The van der Waals surface area contributed by atoms with Crippen molar-refractivity contribution in [2.45, 2.75) is 13.5 Å². The number of hydrogen-bond acceptors (Lipinski definition) is 4. The quantitative estimate of drug-likeness (QED) is 0.509. The number of hydrazine groups is 1. The Morgan fingerprint density at radius 1 is 1.40 bits per heavy atom. The lowest BCUT2D eigenvalue weighted by Gasteiger charge is -2.17. The maximum absolute atomic E-state index is 12.9. The van der Waals surface area contributed by atoms with Crippen LogP contribution in [0.5, 0.6) is 0 Å². The number of nitrogens with two attached hydrogens (primary N) is 1. The maximum atomic E-state index is 12.9. The maximum Gasteiger partial charge on any atom is 0.301 e. The first kappa shape index (κ1) is 14.1. The number of nitrogens with zero attached hydrogens (tertiary/aromatic N) is 1. The smallest absolute Gasteiger partial charge is 0.301 e. The van der Waals surface area contributed by atoms with E-state index in [0.29, 0.717) is 12.3 Å². The van der Waals surface area contributed by atoms with E-state index in [9.17, 15) is 9.18 Å². The molecule has 3 N–H and O–H groups in total. The minimum Gasteiger partial charge on any atom is -0.454 e. The second-order valence-corrected chi connectivity index (χ2v) is 4.53. The van der Waals surface area contributed by atoms with E-state index in [-0.39, 0.29) is 11.6 Å². The van der Waals surface area contributed by atoms with Gasteiger partial charge in [0.15, 0.2) is 5.76 Å². The zero-order valence-corrected chi connectivity index (χ0v) is 11.3. The van der Waals surface area contributed by atoms with Gasteiger partial charge in [0.1, 0.15) is 11.6 Å². The molecule has 0 atom stereocenters. The molecule has 6 heteroatoms. The summed E-state index contributed by atoms with van der Waals surface area (Å²) in [6, 6.07) is 7.93. The molecule has 1 amide bonds. The minimum atomic E-state index is -0.460. The molecule has 0 saturated heterocycles. The zero-order chi connectivity index (χ0) is 14.7. The molecule has 106 valence electrons. The molecule has 0 aliphatic rings. The van der Waals surface area contributed by atoms with E-state index in [1.165, 1.54) is 12.1 Å². The molecule has 0 aliphatic carbocycles. The summed E-state index contributed by atoms with van der Waals surface area (Å²) in [4.78, 5) is 13.3. The second-order valence-electron chi connectivity index (χ2n) is 4.53.